The highest BCUT2D eigenvalue weighted by Crippen LogP contribution is 2.24. The van der Waals surface area contributed by atoms with Crippen molar-refractivity contribution in [3.63, 3.8) is 0 Å². The van der Waals surface area contributed by atoms with E-state index in [0.717, 1.165) is 16.8 Å². The van der Waals surface area contributed by atoms with Gasteiger partial charge in [0.15, 0.2) is 5.78 Å². The average Bonchev–Trinajstić information content (AvgIpc) is 2.41. The van der Waals surface area contributed by atoms with Gasteiger partial charge >= 0.3 is 0 Å². The van der Waals surface area contributed by atoms with Gasteiger partial charge in [-0.25, -0.2) is 0 Å². The Morgan fingerprint density at radius 2 is 1.85 bits per heavy atom. The Kier molecular flexibility index (Phi) is 3.66. The molecule has 4 nitrogen and oxygen atoms in total. The fraction of sp³-hybridized carbons (Fsp3) is 0.188. The monoisotopic (exact) mass is 268 g/mol. The zero-order valence-electron chi connectivity index (χ0n) is 11.7. The van der Waals surface area contributed by atoms with Gasteiger partial charge in [0.05, 0.1) is 11.3 Å². The van der Waals surface area contributed by atoms with Crippen LogP contribution in [0.4, 0.5) is 0 Å². The number of hydrogen-bond acceptors (Lipinski definition) is 3. The van der Waals surface area contributed by atoms with Crippen molar-refractivity contribution >= 4 is 11.7 Å². The van der Waals surface area contributed by atoms with Crippen LogP contribution in [0.3, 0.4) is 0 Å². The molecule has 0 radical (unpaired) electrons. The van der Waals surface area contributed by atoms with E-state index in [1.165, 1.54) is 6.92 Å². The minimum absolute atomic E-state index is 0.0312. The van der Waals surface area contributed by atoms with Crippen molar-refractivity contribution in [3.05, 3.63) is 52.7 Å². The van der Waals surface area contributed by atoms with E-state index in [4.69, 9.17) is 5.73 Å². The molecule has 0 aliphatic rings. The highest BCUT2D eigenvalue weighted by molar-refractivity contribution is 6.00. The molecule has 1 heterocycles. The molecule has 1 aromatic carbocycles. The van der Waals surface area contributed by atoms with Crippen LogP contribution in [0.25, 0.3) is 11.3 Å². The topological polar surface area (TPSA) is 73.1 Å². The second kappa shape index (κ2) is 5.25. The molecule has 0 aliphatic carbocycles. The highest BCUT2D eigenvalue weighted by atomic mass is 16.1. The lowest BCUT2D eigenvalue weighted by Gasteiger charge is -2.10. The van der Waals surface area contributed by atoms with Crippen molar-refractivity contribution in [2.24, 2.45) is 5.73 Å². The smallest absolute Gasteiger partial charge is 0.250 e. The summed E-state index contributed by atoms with van der Waals surface area (Å²) in [7, 11) is 0. The minimum atomic E-state index is -0.524. The molecule has 20 heavy (non-hydrogen) atoms. The predicted molar refractivity (Wildman–Crippen MR) is 77.7 cm³/mol. The van der Waals surface area contributed by atoms with Gasteiger partial charge in [-0.15, -0.1) is 0 Å². The molecule has 102 valence electrons. The zero-order chi connectivity index (χ0) is 14.9. The van der Waals surface area contributed by atoms with Gasteiger partial charge in [0.25, 0.3) is 5.91 Å². The largest absolute Gasteiger partial charge is 0.366 e. The molecule has 2 N–H and O–H groups in total. The number of ketones is 1. The van der Waals surface area contributed by atoms with Crippen molar-refractivity contribution in [1.29, 1.82) is 0 Å². The normalized spacial score (nSPS) is 10.3. The highest BCUT2D eigenvalue weighted by Gasteiger charge is 2.14. The number of carbonyl (C=O) groups excluding carboxylic acids is 2. The molecule has 0 unspecified atom stereocenters. The number of aromatic nitrogens is 1. The molecule has 0 spiro atoms. The fourth-order valence-electron chi connectivity index (χ4n) is 2.00. The van der Waals surface area contributed by atoms with Crippen molar-refractivity contribution in [2.75, 3.05) is 0 Å². The number of nitrogens with zero attached hydrogens (tertiary/aromatic N) is 1. The number of carbonyl (C=O) groups is 2. The molecule has 1 amide bonds. The zero-order valence-corrected chi connectivity index (χ0v) is 11.7. The lowest BCUT2D eigenvalue weighted by Crippen LogP contribution is -2.14. The summed E-state index contributed by atoms with van der Waals surface area (Å²) in [5, 5.41) is 0. The van der Waals surface area contributed by atoms with Crippen LogP contribution in [0.5, 0.6) is 0 Å². The summed E-state index contributed by atoms with van der Waals surface area (Å²) in [5.41, 5.74) is 9.35. The predicted octanol–water partition coefficient (Wildman–Crippen LogP) is 2.67. The van der Waals surface area contributed by atoms with E-state index < -0.39 is 5.91 Å². The molecule has 0 saturated heterocycles. The minimum Gasteiger partial charge on any atom is -0.366 e. The molecule has 1 aromatic heterocycles. The third-order valence-corrected chi connectivity index (χ3v) is 3.27. The van der Waals surface area contributed by atoms with Gasteiger partial charge in [-0.3, -0.25) is 14.6 Å². The van der Waals surface area contributed by atoms with Crippen LogP contribution in [0.15, 0.2) is 30.3 Å². The Labute approximate surface area is 117 Å². The molecule has 2 rings (SSSR count). The summed E-state index contributed by atoms with van der Waals surface area (Å²) >= 11 is 0. The Morgan fingerprint density at radius 3 is 2.45 bits per heavy atom. The van der Waals surface area contributed by atoms with Crippen LogP contribution in [0.1, 0.15) is 38.9 Å². The molecular weight excluding hydrogens is 252 g/mol. The quantitative estimate of drug-likeness (QED) is 0.870. The molecule has 4 heteroatoms. The van der Waals surface area contributed by atoms with Crippen molar-refractivity contribution in [1.82, 2.24) is 4.98 Å². The van der Waals surface area contributed by atoms with E-state index in [-0.39, 0.29) is 5.78 Å². The van der Waals surface area contributed by atoms with Gasteiger partial charge in [0.2, 0.25) is 0 Å². The van der Waals surface area contributed by atoms with Gasteiger partial charge in [0, 0.05) is 16.8 Å². The Balaban J connectivity index is 2.68. The molecule has 0 fully saturated rings. The van der Waals surface area contributed by atoms with E-state index in [1.807, 2.05) is 19.9 Å². The number of pyridine rings is 1. The first kappa shape index (κ1) is 13.9. The van der Waals surface area contributed by atoms with E-state index in [9.17, 15) is 9.59 Å². The van der Waals surface area contributed by atoms with Gasteiger partial charge in [0.1, 0.15) is 0 Å². The van der Waals surface area contributed by atoms with Crippen LogP contribution >= 0.6 is 0 Å². The SMILES string of the molecule is CC(=O)c1cccc(-c2nc(C)c(C)cc2C(N)=O)c1. The number of hydrogen-bond donors (Lipinski definition) is 1. The van der Waals surface area contributed by atoms with Gasteiger partial charge in [-0.2, -0.15) is 0 Å². The van der Waals surface area contributed by atoms with E-state index in [1.54, 1.807) is 24.3 Å². The molecule has 0 atom stereocenters. The van der Waals surface area contributed by atoms with Gasteiger partial charge in [-0.05, 0) is 38.5 Å². The molecule has 2 aromatic rings. The standard InChI is InChI=1S/C16H16N2O2/c1-9-7-14(16(17)20)15(18-10(9)2)13-6-4-5-12(8-13)11(3)19/h4-8H,1-3H3,(H2,17,20). The molecule has 0 saturated carbocycles. The number of benzene rings is 1. The third-order valence-electron chi connectivity index (χ3n) is 3.27. The number of primary amides is 1. The summed E-state index contributed by atoms with van der Waals surface area (Å²) in [6, 6.07) is 8.78. The Morgan fingerprint density at radius 1 is 1.15 bits per heavy atom. The summed E-state index contributed by atoms with van der Waals surface area (Å²) in [6.07, 6.45) is 0. The summed E-state index contributed by atoms with van der Waals surface area (Å²) in [6.45, 7) is 5.25. The number of rotatable bonds is 3. The summed E-state index contributed by atoms with van der Waals surface area (Å²) in [4.78, 5) is 27.5. The fourth-order valence-corrected chi connectivity index (χ4v) is 2.00. The first-order valence-electron chi connectivity index (χ1n) is 6.29. The summed E-state index contributed by atoms with van der Waals surface area (Å²) < 4.78 is 0. The molecule has 0 aliphatic heterocycles. The van der Waals surface area contributed by atoms with E-state index in [0.29, 0.717) is 16.8 Å². The first-order valence-corrected chi connectivity index (χ1v) is 6.29. The number of Topliss-reactive ketones (excluding diaryl/α,β-unsaturated/α-hetero) is 1. The maximum Gasteiger partial charge on any atom is 0.250 e. The van der Waals surface area contributed by atoms with Gasteiger partial charge < -0.3 is 5.73 Å². The summed E-state index contributed by atoms with van der Waals surface area (Å²) in [5.74, 6) is -0.555. The van der Waals surface area contributed by atoms with Crippen LogP contribution in [0.2, 0.25) is 0 Å². The lowest BCUT2D eigenvalue weighted by molar-refractivity contribution is 0.0996. The maximum atomic E-state index is 11.6. The Hall–Kier alpha value is -2.49. The second-order valence-corrected chi connectivity index (χ2v) is 4.79. The Bertz CT molecular complexity index is 706. The van der Waals surface area contributed by atoms with Crippen LogP contribution < -0.4 is 5.73 Å². The average molecular weight is 268 g/mol. The van der Waals surface area contributed by atoms with Crippen molar-refractivity contribution in [2.45, 2.75) is 20.8 Å². The van der Waals surface area contributed by atoms with Crippen molar-refractivity contribution < 1.29 is 9.59 Å². The van der Waals surface area contributed by atoms with Crippen LogP contribution in [-0.2, 0) is 0 Å². The molecule has 0 bridgehead atoms. The maximum absolute atomic E-state index is 11.6. The number of nitrogens with two attached hydrogens (primary N) is 1. The van der Waals surface area contributed by atoms with E-state index in [2.05, 4.69) is 4.98 Å². The van der Waals surface area contributed by atoms with Gasteiger partial charge in [-0.1, -0.05) is 18.2 Å². The van der Waals surface area contributed by atoms with Crippen LogP contribution in [-0.4, -0.2) is 16.7 Å². The number of amides is 1. The van der Waals surface area contributed by atoms with E-state index >= 15 is 0 Å². The first-order chi connectivity index (χ1) is 9.40. The second-order valence-electron chi connectivity index (χ2n) is 4.79. The molecular formula is C16H16N2O2. The van der Waals surface area contributed by atoms with Crippen molar-refractivity contribution in [3.8, 4) is 11.3 Å². The van der Waals surface area contributed by atoms with Crippen LogP contribution in [0, 0.1) is 13.8 Å². The lowest BCUT2D eigenvalue weighted by atomic mass is 10.00. The third kappa shape index (κ3) is 2.59. The number of aryl methyl sites for hydroxylation is 2.